The van der Waals surface area contributed by atoms with Gasteiger partial charge in [0.15, 0.2) is 0 Å². The zero-order valence-electron chi connectivity index (χ0n) is 13.8. The van der Waals surface area contributed by atoms with E-state index < -0.39 is 0 Å². The largest absolute Gasteiger partial charge is 0.373 e. The van der Waals surface area contributed by atoms with Gasteiger partial charge in [-0.25, -0.2) is 0 Å². The molecule has 1 rings (SSSR count). The lowest BCUT2D eigenvalue weighted by atomic mass is 9.81. The molecule has 0 amide bonds. The smallest absolute Gasteiger partial charge is 0.0678 e. The van der Waals surface area contributed by atoms with Crippen molar-refractivity contribution in [3.63, 3.8) is 0 Å². The lowest BCUT2D eigenvalue weighted by Gasteiger charge is -2.42. The van der Waals surface area contributed by atoms with E-state index >= 15 is 0 Å². The third-order valence-electron chi connectivity index (χ3n) is 4.44. The minimum atomic E-state index is 0.369. The Kier molecular flexibility index (Phi) is 6.78. The van der Waals surface area contributed by atoms with Crippen molar-refractivity contribution >= 4 is 0 Å². The zero-order chi connectivity index (χ0) is 14.5. The maximum absolute atomic E-state index is 5.84. The summed E-state index contributed by atoms with van der Waals surface area (Å²) in [5.41, 5.74) is 0.404. The first-order valence-electron chi connectivity index (χ1n) is 8.02. The van der Waals surface area contributed by atoms with E-state index in [1.165, 1.54) is 19.4 Å². The van der Waals surface area contributed by atoms with Gasteiger partial charge in [0.1, 0.15) is 0 Å². The summed E-state index contributed by atoms with van der Waals surface area (Å²) in [7, 11) is 0. The van der Waals surface area contributed by atoms with Crippen LogP contribution >= 0.6 is 0 Å². The molecule has 0 aromatic carbocycles. The molecule has 0 bridgehead atoms. The Balaban J connectivity index is 2.60. The lowest BCUT2D eigenvalue weighted by molar-refractivity contribution is -0.0784. The van der Waals surface area contributed by atoms with E-state index in [1.807, 2.05) is 0 Å². The quantitative estimate of drug-likeness (QED) is 0.770. The minimum Gasteiger partial charge on any atom is -0.373 e. The maximum atomic E-state index is 5.84. The number of hydrogen-bond donors (Lipinski definition) is 1. The Hall–Kier alpha value is -0.120. The molecule has 0 saturated carbocycles. The Morgan fingerprint density at radius 2 is 1.68 bits per heavy atom. The van der Waals surface area contributed by atoms with Crippen LogP contribution in [0.25, 0.3) is 0 Å². The first-order valence-corrected chi connectivity index (χ1v) is 8.02. The van der Waals surface area contributed by atoms with Crippen molar-refractivity contribution in [1.82, 2.24) is 10.2 Å². The topological polar surface area (TPSA) is 24.5 Å². The summed E-state index contributed by atoms with van der Waals surface area (Å²) in [6.45, 7) is 18.0. The molecule has 0 unspecified atom stereocenters. The first kappa shape index (κ1) is 16.9. The Labute approximate surface area is 120 Å². The Morgan fingerprint density at radius 1 is 1.16 bits per heavy atom. The number of morpholine rings is 1. The second kappa shape index (κ2) is 7.61. The van der Waals surface area contributed by atoms with Gasteiger partial charge in [-0.1, -0.05) is 27.7 Å². The summed E-state index contributed by atoms with van der Waals surface area (Å²) >= 11 is 0. The molecule has 0 aromatic heterocycles. The second-order valence-electron chi connectivity index (χ2n) is 6.69. The van der Waals surface area contributed by atoms with Crippen molar-refractivity contribution in [3.8, 4) is 0 Å². The van der Waals surface area contributed by atoms with Crippen LogP contribution in [0.1, 0.15) is 54.4 Å². The van der Waals surface area contributed by atoms with Crippen LogP contribution in [0.4, 0.5) is 0 Å². The van der Waals surface area contributed by atoms with Gasteiger partial charge in [0.2, 0.25) is 0 Å². The van der Waals surface area contributed by atoms with E-state index in [-0.39, 0.29) is 0 Å². The van der Waals surface area contributed by atoms with Gasteiger partial charge >= 0.3 is 0 Å². The van der Waals surface area contributed by atoms with E-state index in [1.54, 1.807) is 0 Å². The first-order chi connectivity index (χ1) is 8.90. The summed E-state index contributed by atoms with van der Waals surface area (Å²) in [6.07, 6.45) is 3.22. The lowest BCUT2D eigenvalue weighted by Crippen LogP contribution is -2.52. The summed E-state index contributed by atoms with van der Waals surface area (Å²) in [4.78, 5) is 2.60. The van der Waals surface area contributed by atoms with E-state index in [4.69, 9.17) is 4.74 Å². The van der Waals surface area contributed by atoms with Crippen molar-refractivity contribution in [3.05, 3.63) is 0 Å². The number of hydrogen-bond acceptors (Lipinski definition) is 3. The van der Waals surface area contributed by atoms with E-state index in [0.717, 1.165) is 19.6 Å². The van der Waals surface area contributed by atoms with Gasteiger partial charge in [-0.2, -0.15) is 0 Å². The molecule has 1 aliphatic heterocycles. The molecule has 0 spiro atoms. The van der Waals surface area contributed by atoms with E-state index in [2.05, 4.69) is 51.8 Å². The summed E-state index contributed by atoms with van der Waals surface area (Å²) < 4.78 is 5.84. The van der Waals surface area contributed by atoms with Gasteiger partial charge in [-0.3, -0.25) is 4.90 Å². The molecule has 1 heterocycles. The molecule has 3 nitrogen and oxygen atoms in total. The van der Waals surface area contributed by atoms with Crippen LogP contribution in [0.2, 0.25) is 0 Å². The van der Waals surface area contributed by atoms with Crippen LogP contribution < -0.4 is 5.32 Å². The summed E-state index contributed by atoms with van der Waals surface area (Å²) in [5, 5.41) is 3.64. The van der Waals surface area contributed by atoms with E-state index in [9.17, 15) is 0 Å². The average molecular weight is 270 g/mol. The highest BCUT2D eigenvalue weighted by atomic mass is 16.5. The fourth-order valence-electron chi connectivity index (χ4n) is 3.09. The standard InChI is InChI=1S/C16H34N2O/c1-7-16(8-2,11-17-13(3)4)12-18-9-14(5)19-15(6)10-18/h13-15,17H,7-12H2,1-6H3/t14-,15+. The monoisotopic (exact) mass is 270 g/mol. The van der Waals surface area contributed by atoms with Crippen molar-refractivity contribution in [1.29, 1.82) is 0 Å². The summed E-state index contributed by atoms with van der Waals surface area (Å²) in [5.74, 6) is 0. The predicted molar refractivity (Wildman–Crippen MR) is 82.6 cm³/mol. The molecule has 3 heteroatoms. The van der Waals surface area contributed by atoms with Crippen molar-refractivity contribution < 1.29 is 4.74 Å². The fourth-order valence-corrected chi connectivity index (χ4v) is 3.09. The molecule has 19 heavy (non-hydrogen) atoms. The van der Waals surface area contributed by atoms with Gasteiger partial charge in [0.05, 0.1) is 12.2 Å². The molecular formula is C16H34N2O. The molecule has 1 N–H and O–H groups in total. The molecule has 1 aliphatic rings. The Morgan fingerprint density at radius 3 is 2.11 bits per heavy atom. The molecule has 2 atom stereocenters. The Bertz CT molecular complexity index is 241. The van der Waals surface area contributed by atoms with Crippen molar-refractivity contribution in [2.24, 2.45) is 5.41 Å². The molecule has 0 radical (unpaired) electrons. The molecule has 0 aromatic rings. The second-order valence-corrected chi connectivity index (χ2v) is 6.69. The predicted octanol–water partition coefficient (Wildman–Crippen LogP) is 2.90. The highest BCUT2D eigenvalue weighted by Crippen LogP contribution is 2.28. The fraction of sp³-hybridized carbons (Fsp3) is 1.00. The highest BCUT2D eigenvalue weighted by molar-refractivity contribution is 4.86. The van der Waals surface area contributed by atoms with Gasteiger partial charge in [-0.15, -0.1) is 0 Å². The highest BCUT2D eigenvalue weighted by Gasteiger charge is 2.32. The minimum absolute atomic E-state index is 0.369. The average Bonchev–Trinajstić information content (AvgIpc) is 2.33. The number of ether oxygens (including phenoxy) is 1. The number of rotatable bonds is 7. The van der Waals surface area contributed by atoms with Crippen LogP contribution in [0.5, 0.6) is 0 Å². The number of nitrogens with one attached hydrogen (secondary N) is 1. The summed E-state index contributed by atoms with van der Waals surface area (Å²) in [6, 6.07) is 0.569. The van der Waals surface area contributed by atoms with Gasteiger partial charge in [-0.05, 0) is 32.1 Å². The third kappa shape index (κ3) is 5.41. The SMILES string of the molecule is CCC(CC)(CNC(C)C)CN1C[C@@H](C)O[C@@H](C)C1. The third-order valence-corrected chi connectivity index (χ3v) is 4.44. The molecule has 1 fully saturated rings. The molecule has 1 saturated heterocycles. The van der Waals surface area contributed by atoms with Crippen LogP contribution in [0.15, 0.2) is 0 Å². The van der Waals surface area contributed by atoms with Crippen LogP contribution in [-0.2, 0) is 4.74 Å². The van der Waals surface area contributed by atoms with E-state index in [0.29, 0.717) is 23.7 Å². The van der Waals surface area contributed by atoms with Gasteiger partial charge < -0.3 is 10.1 Å². The molecule has 114 valence electrons. The van der Waals surface area contributed by atoms with Gasteiger partial charge in [0, 0.05) is 32.2 Å². The number of nitrogens with zero attached hydrogens (tertiary/aromatic N) is 1. The van der Waals surface area contributed by atoms with Crippen LogP contribution in [-0.4, -0.2) is 49.3 Å². The molecular weight excluding hydrogens is 236 g/mol. The van der Waals surface area contributed by atoms with Crippen molar-refractivity contribution in [2.75, 3.05) is 26.2 Å². The van der Waals surface area contributed by atoms with Crippen molar-refractivity contribution in [2.45, 2.75) is 72.6 Å². The van der Waals surface area contributed by atoms with Gasteiger partial charge in [0.25, 0.3) is 0 Å². The van der Waals surface area contributed by atoms with Crippen LogP contribution in [0, 0.1) is 5.41 Å². The zero-order valence-corrected chi connectivity index (χ0v) is 13.8. The maximum Gasteiger partial charge on any atom is 0.0678 e. The normalized spacial score (nSPS) is 26.1. The van der Waals surface area contributed by atoms with Crippen LogP contribution in [0.3, 0.4) is 0 Å². The molecule has 0 aliphatic carbocycles.